The summed E-state index contributed by atoms with van der Waals surface area (Å²) in [5, 5.41) is 3.30. The fraction of sp³-hybridized carbons (Fsp3) is 0.741. The van der Waals surface area contributed by atoms with Crippen molar-refractivity contribution in [3.63, 3.8) is 0 Å². The number of hydrogen-bond acceptors (Lipinski definition) is 6. The Kier molecular flexibility index (Phi) is 5.29. The maximum absolute atomic E-state index is 12.7. The highest BCUT2D eigenvalue weighted by atomic mass is 17.4. The molecule has 2 aliphatic heterocycles. The summed E-state index contributed by atoms with van der Waals surface area (Å²) in [6, 6.07) is 8.22. The van der Waals surface area contributed by atoms with Gasteiger partial charge in [-0.05, 0) is 80.4 Å². The molecule has 0 aromatic heterocycles. The standard InChI is InChI=1S/C27H36N2O5/c30-25(29-11-9-28-10-12-29)22-3-1-20(2-4-22)21-5-7-26(8-6-21)31-33-27(34-32-26)23-14-18-13-19(16-23)17-24(27)15-18/h1-4,18-19,21,23-24,28H,5-17H2. The van der Waals surface area contributed by atoms with Crippen LogP contribution in [0.1, 0.15) is 79.6 Å². The van der Waals surface area contributed by atoms with Gasteiger partial charge in [-0.15, -0.1) is 0 Å². The molecule has 8 rings (SSSR count). The third kappa shape index (κ3) is 3.54. The topological polar surface area (TPSA) is 69.3 Å². The third-order valence-corrected chi connectivity index (χ3v) is 9.70. The highest BCUT2D eigenvalue weighted by Gasteiger charge is 2.64. The molecule has 7 heteroatoms. The number of carbonyl (C=O) groups excluding carboxylic acids is 1. The predicted octanol–water partition coefficient (Wildman–Crippen LogP) is 4.15. The van der Waals surface area contributed by atoms with E-state index >= 15 is 0 Å². The van der Waals surface area contributed by atoms with Crippen molar-refractivity contribution in [3.05, 3.63) is 35.4 Å². The van der Waals surface area contributed by atoms with Crippen LogP contribution in [0.3, 0.4) is 0 Å². The van der Waals surface area contributed by atoms with E-state index in [0.29, 0.717) is 17.8 Å². The van der Waals surface area contributed by atoms with Crippen molar-refractivity contribution in [2.45, 2.75) is 75.3 Å². The molecule has 184 valence electrons. The van der Waals surface area contributed by atoms with Crippen LogP contribution < -0.4 is 5.32 Å². The molecule has 0 atom stereocenters. The molecule has 34 heavy (non-hydrogen) atoms. The van der Waals surface area contributed by atoms with Crippen LogP contribution in [-0.2, 0) is 19.6 Å². The average molecular weight is 469 g/mol. The Morgan fingerprint density at radius 3 is 2.00 bits per heavy atom. The maximum Gasteiger partial charge on any atom is 0.253 e. The van der Waals surface area contributed by atoms with Gasteiger partial charge in [0.05, 0.1) is 0 Å². The lowest BCUT2D eigenvalue weighted by Gasteiger charge is -2.60. The first-order chi connectivity index (χ1) is 16.6. The van der Waals surface area contributed by atoms with Crippen molar-refractivity contribution in [1.82, 2.24) is 10.2 Å². The molecular formula is C27H36N2O5. The van der Waals surface area contributed by atoms with Crippen LogP contribution in [0.5, 0.6) is 0 Å². The van der Waals surface area contributed by atoms with E-state index in [1.165, 1.54) is 37.7 Å². The molecule has 7 fully saturated rings. The van der Waals surface area contributed by atoms with Crippen molar-refractivity contribution >= 4 is 5.91 Å². The fourth-order valence-electron chi connectivity index (χ4n) is 7.93. The largest absolute Gasteiger partial charge is 0.336 e. The Morgan fingerprint density at radius 1 is 0.824 bits per heavy atom. The van der Waals surface area contributed by atoms with Gasteiger partial charge in [-0.2, -0.15) is 19.6 Å². The molecule has 4 bridgehead atoms. The third-order valence-electron chi connectivity index (χ3n) is 9.70. The minimum atomic E-state index is -0.783. The SMILES string of the molecule is O=C(c1ccc(C2CCC3(CC2)OOC2(OO3)C3CC4CC(C3)CC2C4)cc1)N1CCNCC1. The lowest BCUT2D eigenvalue weighted by Crippen LogP contribution is -2.64. The second-order valence-corrected chi connectivity index (χ2v) is 11.7. The van der Waals surface area contributed by atoms with Gasteiger partial charge in [0.2, 0.25) is 11.6 Å². The lowest BCUT2D eigenvalue weighted by molar-refractivity contribution is -0.680. The Bertz CT molecular complexity index is 879. The molecule has 2 heterocycles. The fourth-order valence-corrected chi connectivity index (χ4v) is 7.93. The highest BCUT2D eigenvalue weighted by molar-refractivity contribution is 5.94. The monoisotopic (exact) mass is 468 g/mol. The number of rotatable bonds is 2. The Labute approximate surface area is 201 Å². The van der Waals surface area contributed by atoms with Gasteiger partial charge in [0.1, 0.15) is 0 Å². The van der Waals surface area contributed by atoms with E-state index < -0.39 is 11.6 Å². The molecule has 0 radical (unpaired) electrons. The number of amides is 1. The normalized spacial score (nSPS) is 43.5. The summed E-state index contributed by atoms with van der Waals surface area (Å²) in [6.07, 6.45) is 9.50. The summed E-state index contributed by atoms with van der Waals surface area (Å²) in [7, 11) is 0. The Hall–Kier alpha value is -1.51. The first-order valence-electron chi connectivity index (χ1n) is 13.5. The van der Waals surface area contributed by atoms with Crippen LogP contribution in [-0.4, -0.2) is 48.6 Å². The van der Waals surface area contributed by atoms with Crippen LogP contribution in [0.25, 0.3) is 0 Å². The molecule has 5 aliphatic carbocycles. The number of nitrogens with one attached hydrogen (secondary N) is 1. The molecular weight excluding hydrogens is 432 g/mol. The van der Waals surface area contributed by atoms with Crippen LogP contribution in [0.4, 0.5) is 0 Å². The lowest BCUT2D eigenvalue weighted by atomic mass is 9.53. The minimum absolute atomic E-state index is 0.132. The van der Waals surface area contributed by atoms with Gasteiger partial charge in [-0.3, -0.25) is 4.79 Å². The number of hydrogen-bond donors (Lipinski definition) is 1. The second-order valence-electron chi connectivity index (χ2n) is 11.7. The van der Waals surface area contributed by atoms with E-state index in [1.54, 1.807) is 0 Å². The molecule has 2 saturated heterocycles. The number of nitrogens with zero attached hydrogens (tertiary/aromatic N) is 1. The van der Waals surface area contributed by atoms with Gasteiger partial charge in [-0.1, -0.05) is 12.1 Å². The van der Waals surface area contributed by atoms with Crippen molar-refractivity contribution < 1.29 is 24.3 Å². The summed E-state index contributed by atoms with van der Waals surface area (Å²) in [5.74, 6) is 1.58. The van der Waals surface area contributed by atoms with E-state index in [1.807, 2.05) is 17.0 Å². The first kappa shape index (κ1) is 21.7. The Morgan fingerprint density at radius 2 is 1.41 bits per heavy atom. The Balaban J connectivity index is 0.965. The van der Waals surface area contributed by atoms with Crippen LogP contribution in [0, 0.1) is 23.7 Å². The molecule has 1 aromatic carbocycles. The minimum Gasteiger partial charge on any atom is -0.336 e. The van der Waals surface area contributed by atoms with Gasteiger partial charge in [0.25, 0.3) is 5.91 Å². The van der Waals surface area contributed by atoms with Gasteiger partial charge >= 0.3 is 0 Å². The van der Waals surface area contributed by atoms with E-state index in [4.69, 9.17) is 19.6 Å². The molecule has 0 unspecified atom stereocenters. The highest BCUT2D eigenvalue weighted by Crippen LogP contribution is 2.62. The number of benzene rings is 1. The first-order valence-corrected chi connectivity index (χ1v) is 13.5. The summed E-state index contributed by atoms with van der Waals surface area (Å²) < 4.78 is 0. The summed E-state index contributed by atoms with van der Waals surface area (Å²) in [5.41, 5.74) is 2.06. The zero-order valence-electron chi connectivity index (χ0n) is 19.9. The molecule has 1 amide bonds. The van der Waals surface area contributed by atoms with Crippen LogP contribution in [0.2, 0.25) is 0 Å². The molecule has 1 N–H and O–H groups in total. The van der Waals surface area contributed by atoms with Crippen LogP contribution >= 0.6 is 0 Å². The van der Waals surface area contributed by atoms with E-state index in [-0.39, 0.29) is 5.91 Å². The summed E-state index contributed by atoms with van der Waals surface area (Å²) in [6.45, 7) is 3.29. The van der Waals surface area contributed by atoms with Crippen molar-refractivity contribution in [2.24, 2.45) is 23.7 Å². The average Bonchev–Trinajstić information content (AvgIpc) is 2.89. The van der Waals surface area contributed by atoms with Gasteiger partial charge in [0, 0.05) is 56.4 Å². The van der Waals surface area contributed by atoms with E-state index in [0.717, 1.165) is 69.3 Å². The molecule has 5 saturated carbocycles. The van der Waals surface area contributed by atoms with Crippen molar-refractivity contribution in [1.29, 1.82) is 0 Å². The van der Waals surface area contributed by atoms with E-state index in [9.17, 15) is 4.79 Å². The van der Waals surface area contributed by atoms with Crippen molar-refractivity contribution in [3.8, 4) is 0 Å². The molecule has 2 spiro atoms. The predicted molar refractivity (Wildman–Crippen MR) is 123 cm³/mol. The maximum atomic E-state index is 12.7. The van der Waals surface area contributed by atoms with E-state index in [2.05, 4.69) is 17.4 Å². The van der Waals surface area contributed by atoms with Crippen molar-refractivity contribution in [2.75, 3.05) is 26.2 Å². The summed E-state index contributed by atoms with van der Waals surface area (Å²) >= 11 is 0. The zero-order valence-corrected chi connectivity index (χ0v) is 19.9. The quantitative estimate of drug-likeness (QED) is 0.658. The van der Waals surface area contributed by atoms with Gasteiger partial charge in [-0.25, -0.2) is 0 Å². The smallest absolute Gasteiger partial charge is 0.253 e. The van der Waals surface area contributed by atoms with Gasteiger partial charge in [0.15, 0.2) is 0 Å². The zero-order chi connectivity index (χ0) is 22.8. The summed E-state index contributed by atoms with van der Waals surface area (Å²) in [4.78, 5) is 39.2. The van der Waals surface area contributed by atoms with Gasteiger partial charge < -0.3 is 10.2 Å². The second kappa shape index (κ2) is 8.27. The molecule has 7 nitrogen and oxygen atoms in total. The molecule has 1 aromatic rings. The number of piperazine rings is 1. The van der Waals surface area contributed by atoms with Crippen LogP contribution in [0.15, 0.2) is 24.3 Å². The number of carbonyl (C=O) groups is 1. The molecule has 7 aliphatic rings.